The van der Waals surface area contributed by atoms with E-state index in [0.29, 0.717) is 41.8 Å². The molecule has 0 aliphatic carbocycles. The van der Waals surface area contributed by atoms with Gasteiger partial charge in [0, 0.05) is 13.2 Å². The summed E-state index contributed by atoms with van der Waals surface area (Å²) in [5.41, 5.74) is 0. The first-order valence-corrected chi connectivity index (χ1v) is 7.72. The number of rotatable bonds is 2. The highest BCUT2D eigenvalue weighted by Crippen LogP contribution is 2.40. The Hall–Kier alpha value is -0.0800. The van der Waals surface area contributed by atoms with Gasteiger partial charge in [0.15, 0.2) is 0 Å². The molecule has 2 aliphatic rings. The van der Waals surface area contributed by atoms with Gasteiger partial charge in [-0.25, -0.2) is 0 Å². The van der Waals surface area contributed by atoms with Crippen molar-refractivity contribution in [2.24, 2.45) is 29.6 Å². The van der Waals surface area contributed by atoms with Crippen LogP contribution < -0.4 is 0 Å². The van der Waals surface area contributed by atoms with E-state index in [0.717, 1.165) is 13.2 Å². The zero-order valence-electron chi connectivity index (χ0n) is 12.7. The lowest BCUT2D eigenvalue weighted by Gasteiger charge is -2.44. The topological polar surface area (TPSA) is 18.5 Å². The zero-order valence-corrected chi connectivity index (χ0v) is 12.7. The molecule has 2 heteroatoms. The van der Waals surface area contributed by atoms with E-state index in [9.17, 15) is 0 Å². The van der Waals surface area contributed by atoms with Crippen LogP contribution in [0.3, 0.4) is 0 Å². The van der Waals surface area contributed by atoms with Crippen molar-refractivity contribution in [2.45, 2.75) is 59.7 Å². The average Bonchev–Trinajstić information content (AvgIpc) is 2.34. The molecule has 6 unspecified atom stereocenters. The molecule has 2 heterocycles. The lowest BCUT2D eigenvalue weighted by atomic mass is 9.70. The molecule has 0 N–H and O–H groups in total. The lowest BCUT2D eigenvalue weighted by Crippen LogP contribution is -2.43. The van der Waals surface area contributed by atoms with E-state index in [-0.39, 0.29) is 0 Å². The van der Waals surface area contributed by atoms with Crippen molar-refractivity contribution in [1.29, 1.82) is 0 Å². The van der Waals surface area contributed by atoms with Gasteiger partial charge in [-0.05, 0) is 56.3 Å². The van der Waals surface area contributed by atoms with E-state index in [1.54, 1.807) is 0 Å². The van der Waals surface area contributed by atoms with Crippen LogP contribution in [0.1, 0.15) is 47.5 Å². The van der Waals surface area contributed by atoms with Crippen molar-refractivity contribution in [3.05, 3.63) is 0 Å². The third-order valence-corrected chi connectivity index (χ3v) is 5.19. The van der Waals surface area contributed by atoms with Crippen LogP contribution in [-0.4, -0.2) is 25.4 Å². The molecular weight excluding hydrogens is 224 g/mol. The molecular formula is C16H30O2. The average molecular weight is 254 g/mol. The summed E-state index contributed by atoms with van der Waals surface area (Å²) in [6.45, 7) is 13.4. The fourth-order valence-electron chi connectivity index (χ4n) is 3.93. The summed E-state index contributed by atoms with van der Waals surface area (Å²) < 4.78 is 11.9. The Bertz CT molecular complexity index is 240. The van der Waals surface area contributed by atoms with Gasteiger partial charge in [-0.15, -0.1) is 0 Å². The molecule has 0 amide bonds. The van der Waals surface area contributed by atoms with E-state index in [1.165, 1.54) is 12.8 Å². The van der Waals surface area contributed by atoms with Gasteiger partial charge in [-0.3, -0.25) is 0 Å². The van der Waals surface area contributed by atoms with Gasteiger partial charge in [0.05, 0.1) is 12.2 Å². The van der Waals surface area contributed by atoms with Crippen LogP contribution in [0.25, 0.3) is 0 Å². The summed E-state index contributed by atoms with van der Waals surface area (Å²) in [5, 5.41) is 0. The lowest BCUT2D eigenvalue weighted by molar-refractivity contribution is -0.106. The van der Waals surface area contributed by atoms with Crippen LogP contribution in [0, 0.1) is 29.6 Å². The number of hydrogen-bond donors (Lipinski definition) is 0. The highest BCUT2D eigenvalue weighted by atomic mass is 16.5. The van der Waals surface area contributed by atoms with Gasteiger partial charge < -0.3 is 9.47 Å². The standard InChI is InChI=1S/C16H30O2/c1-10-6-15(13(4)17-8-10)12(3)16-7-11(2)9-18-14(16)5/h10-16H,6-9H2,1-5H3. The van der Waals surface area contributed by atoms with Gasteiger partial charge in [0.1, 0.15) is 0 Å². The second-order valence-corrected chi connectivity index (χ2v) is 6.95. The summed E-state index contributed by atoms with van der Waals surface area (Å²) in [6, 6.07) is 0. The Morgan fingerprint density at radius 3 is 1.56 bits per heavy atom. The van der Waals surface area contributed by atoms with Crippen LogP contribution in [0.15, 0.2) is 0 Å². The minimum atomic E-state index is 0.417. The maximum atomic E-state index is 5.94. The minimum Gasteiger partial charge on any atom is -0.378 e. The Balaban J connectivity index is 2.01. The smallest absolute Gasteiger partial charge is 0.0578 e. The first-order valence-electron chi connectivity index (χ1n) is 7.72. The van der Waals surface area contributed by atoms with Crippen molar-refractivity contribution in [1.82, 2.24) is 0 Å². The molecule has 18 heavy (non-hydrogen) atoms. The Morgan fingerprint density at radius 1 is 0.778 bits per heavy atom. The molecule has 2 nitrogen and oxygen atoms in total. The Kier molecular flexibility index (Phi) is 4.71. The van der Waals surface area contributed by atoms with E-state index >= 15 is 0 Å². The van der Waals surface area contributed by atoms with Crippen molar-refractivity contribution in [3.63, 3.8) is 0 Å². The van der Waals surface area contributed by atoms with E-state index in [2.05, 4.69) is 34.6 Å². The van der Waals surface area contributed by atoms with E-state index < -0.39 is 0 Å². The summed E-state index contributed by atoms with van der Waals surface area (Å²) in [7, 11) is 0. The van der Waals surface area contributed by atoms with Crippen LogP contribution >= 0.6 is 0 Å². The second kappa shape index (κ2) is 5.92. The third kappa shape index (κ3) is 3.08. The molecule has 2 saturated heterocycles. The second-order valence-electron chi connectivity index (χ2n) is 6.95. The van der Waals surface area contributed by atoms with Crippen LogP contribution in [0.5, 0.6) is 0 Å². The zero-order chi connectivity index (χ0) is 13.3. The van der Waals surface area contributed by atoms with Gasteiger partial charge in [-0.2, -0.15) is 0 Å². The Morgan fingerprint density at radius 2 is 1.17 bits per heavy atom. The normalized spacial score (nSPS) is 47.8. The van der Waals surface area contributed by atoms with E-state index in [4.69, 9.17) is 9.47 Å². The first-order chi connectivity index (χ1) is 8.49. The monoisotopic (exact) mass is 254 g/mol. The molecule has 0 spiro atoms. The largest absolute Gasteiger partial charge is 0.378 e. The molecule has 0 aromatic rings. The predicted molar refractivity (Wildman–Crippen MR) is 74.5 cm³/mol. The molecule has 6 atom stereocenters. The minimum absolute atomic E-state index is 0.417. The maximum absolute atomic E-state index is 5.94. The Labute approximate surface area is 112 Å². The molecule has 106 valence electrons. The summed E-state index contributed by atoms with van der Waals surface area (Å²) in [4.78, 5) is 0. The molecule has 0 bridgehead atoms. The number of ether oxygens (including phenoxy) is 2. The molecule has 0 radical (unpaired) electrons. The van der Waals surface area contributed by atoms with Crippen LogP contribution in [0.2, 0.25) is 0 Å². The SMILES string of the molecule is CC1COC(C)C(C(C)C2CC(C)COC2C)C1. The highest BCUT2D eigenvalue weighted by Gasteiger charge is 2.38. The summed E-state index contributed by atoms with van der Waals surface area (Å²) in [5.74, 6) is 3.54. The van der Waals surface area contributed by atoms with Gasteiger partial charge >= 0.3 is 0 Å². The molecule has 0 aromatic heterocycles. The third-order valence-electron chi connectivity index (χ3n) is 5.19. The quantitative estimate of drug-likeness (QED) is 0.747. The first kappa shape index (κ1) is 14.3. The predicted octanol–water partition coefficient (Wildman–Crippen LogP) is 3.74. The van der Waals surface area contributed by atoms with Gasteiger partial charge in [-0.1, -0.05) is 20.8 Å². The number of hydrogen-bond acceptors (Lipinski definition) is 2. The van der Waals surface area contributed by atoms with Crippen LogP contribution in [0.4, 0.5) is 0 Å². The molecule has 2 fully saturated rings. The van der Waals surface area contributed by atoms with Crippen molar-refractivity contribution >= 4 is 0 Å². The molecule has 0 saturated carbocycles. The fourth-order valence-corrected chi connectivity index (χ4v) is 3.93. The van der Waals surface area contributed by atoms with E-state index in [1.807, 2.05) is 0 Å². The highest BCUT2D eigenvalue weighted by molar-refractivity contribution is 4.87. The maximum Gasteiger partial charge on any atom is 0.0578 e. The van der Waals surface area contributed by atoms with Crippen LogP contribution in [-0.2, 0) is 9.47 Å². The summed E-state index contributed by atoms with van der Waals surface area (Å²) in [6.07, 6.45) is 3.47. The molecule has 0 aromatic carbocycles. The fraction of sp³-hybridized carbons (Fsp3) is 1.00. The summed E-state index contributed by atoms with van der Waals surface area (Å²) >= 11 is 0. The molecule has 2 rings (SSSR count). The van der Waals surface area contributed by atoms with Gasteiger partial charge in [0.25, 0.3) is 0 Å². The van der Waals surface area contributed by atoms with Gasteiger partial charge in [0.2, 0.25) is 0 Å². The van der Waals surface area contributed by atoms with Crippen molar-refractivity contribution in [3.8, 4) is 0 Å². The van der Waals surface area contributed by atoms with Crippen molar-refractivity contribution in [2.75, 3.05) is 13.2 Å². The van der Waals surface area contributed by atoms with Crippen molar-refractivity contribution < 1.29 is 9.47 Å². The molecule has 2 aliphatic heterocycles.